The number of carbonyl (C=O) groups is 2. The largest absolute Gasteiger partial charge is 0.347 e. The summed E-state index contributed by atoms with van der Waals surface area (Å²) in [5, 5.41) is 7.28. The molecule has 26 heavy (non-hydrogen) atoms. The summed E-state index contributed by atoms with van der Waals surface area (Å²) in [7, 11) is 0. The van der Waals surface area contributed by atoms with Gasteiger partial charge in [0.05, 0.1) is 22.8 Å². The lowest BCUT2D eigenvalue weighted by molar-refractivity contribution is -0.126. The van der Waals surface area contributed by atoms with Crippen LogP contribution in [-0.4, -0.2) is 24.6 Å². The van der Waals surface area contributed by atoms with Gasteiger partial charge in [-0.15, -0.1) is 0 Å². The third kappa shape index (κ3) is 9.78. The number of nitrogens with one attached hydrogen (secondary N) is 2. The van der Waals surface area contributed by atoms with Crippen LogP contribution in [0.25, 0.3) is 0 Å². The van der Waals surface area contributed by atoms with Crippen molar-refractivity contribution in [3.63, 3.8) is 0 Å². The van der Waals surface area contributed by atoms with E-state index < -0.39 is 5.91 Å². The number of hydrazone groups is 1. The summed E-state index contributed by atoms with van der Waals surface area (Å²) in [5.41, 5.74) is 2.86. The molecule has 0 atom stereocenters. The van der Waals surface area contributed by atoms with Crippen molar-refractivity contribution < 1.29 is 9.59 Å². The van der Waals surface area contributed by atoms with Crippen molar-refractivity contribution in [1.29, 1.82) is 0 Å². The van der Waals surface area contributed by atoms with Crippen LogP contribution in [-0.2, 0) is 9.59 Å². The van der Waals surface area contributed by atoms with Gasteiger partial charge in [-0.05, 0) is 18.6 Å². The molecule has 2 amide bonds. The molecule has 0 aliphatic heterocycles. The maximum absolute atomic E-state index is 11.7. The van der Waals surface area contributed by atoms with Gasteiger partial charge in [-0.3, -0.25) is 9.59 Å². The Kier molecular flexibility index (Phi) is 11.7. The van der Waals surface area contributed by atoms with Gasteiger partial charge in [0.1, 0.15) is 0 Å². The summed E-state index contributed by atoms with van der Waals surface area (Å²) in [6, 6.07) is 5.09. The first-order valence-corrected chi connectivity index (χ1v) is 9.82. The van der Waals surface area contributed by atoms with Gasteiger partial charge in [0.25, 0.3) is 5.91 Å². The van der Waals surface area contributed by atoms with Crippen molar-refractivity contribution in [3.8, 4) is 0 Å². The van der Waals surface area contributed by atoms with Crippen molar-refractivity contribution in [3.05, 3.63) is 33.8 Å². The predicted octanol–water partition coefficient (Wildman–Crippen LogP) is 4.70. The Morgan fingerprint density at radius 1 is 1.00 bits per heavy atom. The molecule has 0 radical (unpaired) electrons. The Hall–Kier alpha value is -1.59. The molecule has 0 aliphatic rings. The number of hydrogen-bond acceptors (Lipinski definition) is 3. The van der Waals surface area contributed by atoms with Gasteiger partial charge in [-0.2, -0.15) is 5.10 Å². The maximum Gasteiger partial charge on any atom is 0.259 e. The van der Waals surface area contributed by atoms with E-state index in [0.29, 0.717) is 22.0 Å². The Morgan fingerprint density at radius 2 is 1.62 bits per heavy atom. The number of rotatable bonds is 12. The second-order valence-electron chi connectivity index (χ2n) is 6.08. The van der Waals surface area contributed by atoms with Crippen LogP contribution in [0.5, 0.6) is 0 Å². The first-order chi connectivity index (χ1) is 12.5. The summed E-state index contributed by atoms with van der Waals surface area (Å²) in [4.78, 5) is 23.4. The maximum atomic E-state index is 11.7. The van der Waals surface area contributed by atoms with Gasteiger partial charge in [0, 0.05) is 12.0 Å². The van der Waals surface area contributed by atoms with E-state index in [2.05, 4.69) is 22.8 Å². The molecule has 2 N–H and O–H groups in total. The molecule has 0 fully saturated rings. The number of unbranched alkanes of at least 4 members (excludes halogenated alkanes) is 6. The number of benzene rings is 1. The second-order valence-corrected chi connectivity index (χ2v) is 6.89. The fourth-order valence-corrected chi connectivity index (χ4v) is 2.85. The molecular weight excluding hydrogens is 373 g/mol. The van der Waals surface area contributed by atoms with E-state index in [1.165, 1.54) is 31.9 Å². The molecule has 0 aromatic heterocycles. The normalized spacial score (nSPS) is 10.9. The molecule has 1 aromatic rings. The number of amides is 2. The van der Waals surface area contributed by atoms with Crippen LogP contribution >= 0.6 is 23.2 Å². The zero-order valence-electron chi connectivity index (χ0n) is 15.2. The standard InChI is InChI=1S/C19H27Cl2N3O2/c1-2-3-4-5-6-7-8-12-18(25)22-14-19(26)24-23-13-15-16(20)10-9-11-17(15)21/h9-11,13H,2-8,12,14H2,1H3,(H,22,25)(H,24,26)/b23-13+. The van der Waals surface area contributed by atoms with Crippen molar-refractivity contribution in [2.75, 3.05) is 6.54 Å². The monoisotopic (exact) mass is 399 g/mol. The average Bonchev–Trinajstić information content (AvgIpc) is 2.61. The minimum Gasteiger partial charge on any atom is -0.347 e. The van der Waals surface area contributed by atoms with Crippen molar-refractivity contribution in [2.45, 2.75) is 58.3 Å². The van der Waals surface area contributed by atoms with Gasteiger partial charge in [0.2, 0.25) is 5.91 Å². The van der Waals surface area contributed by atoms with Gasteiger partial charge >= 0.3 is 0 Å². The van der Waals surface area contributed by atoms with E-state index in [1.807, 2.05) is 0 Å². The molecule has 1 rings (SSSR count). The molecule has 5 nitrogen and oxygen atoms in total. The zero-order chi connectivity index (χ0) is 19.2. The lowest BCUT2D eigenvalue weighted by Gasteiger charge is -2.05. The minimum absolute atomic E-state index is 0.108. The fraction of sp³-hybridized carbons (Fsp3) is 0.526. The molecule has 7 heteroatoms. The number of nitrogens with zero attached hydrogens (tertiary/aromatic N) is 1. The highest BCUT2D eigenvalue weighted by atomic mass is 35.5. The van der Waals surface area contributed by atoms with Gasteiger partial charge in [-0.1, -0.05) is 74.7 Å². The van der Waals surface area contributed by atoms with E-state index in [9.17, 15) is 9.59 Å². The second kappa shape index (κ2) is 13.6. The third-order valence-corrected chi connectivity index (χ3v) is 4.50. The number of carbonyl (C=O) groups excluding carboxylic acids is 2. The van der Waals surface area contributed by atoms with Crippen molar-refractivity contribution >= 4 is 41.2 Å². The quantitative estimate of drug-likeness (QED) is 0.303. The summed E-state index contributed by atoms with van der Waals surface area (Å²) < 4.78 is 0. The molecular formula is C19H27Cl2N3O2. The summed E-state index contributed by atoms with van der Waals surface area (Å²) >= 11 is 12.0. The highest BCUT2D eigenvalue weighted by Crippen LogP contribution is 2.21. The Bertz CT molecular complexity index is 586. The smallest absolute Gasteiger partial charge is 0.259 e. The highest BCUT2D eigenvalue weighted by molar-refractivity contribution is 6.38. The Balaban J connectivity index is 2.16. The van der Waals surface area contributed by atoms with Gasteiger partial charge in [-0.25, -0.2) is 5.43 Å². The van der Waals surface area contributed by atoms with Crippen LogP contribution in [0.1, 0.15) is 63.9 Å². The van der Waals surface area contributed by atoms with Gasteiger partial charge < -0.3 is 5.32 Å². The molecule has 0 spiro atoms. The summed E-state index contributed by atoms with van der Waals surface area (Å²) in [6.45, 7) is 2.08. The van der Waals surface area contributed by atoms with E-state index in [0.717, 1.165) is 19.3 Å². The van der Waals surface area contributed by atoms with E-state index in [-0.39, 0.29) is 12.5 Å². The van der Waals surface area contributed by atoms with Crippen LogP contribution in [0.4, 0.5) is 0 Å². The predicted molar refractivity (Wildman–Crippen MR) is 108 cm³/mol. The molecule has 0 saturated carbocycles. The Labute approximate surface area is 165 Å². The lowest BCUT2D eigenvalue weighted by Crippen LogP contribution is -2.34. The van der Waals surface area contributed by atoms with E-state index >= 15 is 0 Å². The molecule has 0 aliphatic carbocycles. The highest BCUT2D eigenvalue weighted by Gasteiger charge is 2.05. The van der Waals surface area contributed by atoms with E-state index in [4.69, 9.17) is 23.2 Å². The van der Waals surface area contributed by atoms with Gasteiger partial charge in [0.15, 0.2) is 0 Å². The molecule has 0 unspecified atom stereocenters. The van der Waals surface area contributed by atoms with Crippen molar-refractivity contribution in [1.82, 2.24) is 10.7 Å². The summed E-state index contributed by atoms with van der Waals surface area (Å²) in [6.07, 6.45) is 9.89. The van der Waals surface area contributed by atoms with Crippen LogP contribution in [0.2, 0.25) is 10.0 Å². The minimum atomic E-state index is -0.405. The molecule has 0 heterocycles. The van der Waals surface area contributed by atoms with E-state index in [1.54, 1.807) is 18.2 Å². The van der Waals surface area contributed by atoms with Crippen molar-refractivity contribution in [2.24, 2.45) is 5.10 Å². The first-order valence-electron chi connectivity index (χ1n) is 9.07. The first kappa shape index (κ1) is 22.5. The molecule has 0 saturated heterocycles. The molecule has 1 aromatic carbocycles. The number of hydrogen-bond donors (Lipinski definition) is 2. The van der Waals surface area contributed by atoms with Crippen LogP contribution in [0, 0.1) is 0 Å². The summed E-state index contributed by atoms with van der Waals surface area (Å²) in [5.74, 6) is -0.524. The molecule has 0 bridgehead atoms. The third-order valence-electron chi connectivity index (χ3n) is 3.84. The SMILES string of the molecule is CCCCCCCCCC(=O)NCC(=O)N/N=C/c1c(Cl)cccc1Cl. The van der Waals surface area contributed by atoms with Crippen LogP contribution in [0.3, 0.4) is 0 Å². The lowest BCUT2D eigenvalue weighted by atomic mass is 10.1. The average molecular weight is 400 g/mol. The Morgan fingerprint density at radius 3 is 2.27 bits per heavy atom. The zero-order valence-corrected chi connectivity index (χ0v) is 16.7. The molecule has 144 valence electrons. The number of halogens is 2. The van der Waals surface area contributed by atoms with Crippen LogP contribution in [0.15, 0.2) is 23.3 Å². The van der Waals surface area contributed by atoms with Crippen LogP contribution < -0.4 is 10.7 Å². The fourth-order valence-electron chi connectivity index (χ4n) is 2.35. The topological polar surface area (TPSA) is 70.6 Å².